The molecule has 19 heavy (non-hydrogen) atoms. The summed E-state index contributed by atoms with van der Waals surface area (Å²) in [5, 5.41) is 4.02. The maximum Gasteiger partial charge on any atom is 0.135 e. The Morgan fingerprint density at radius 3 is 2.79 bits per heavy atom. The van der Waals surface area contributed by atoms with E-state index in [1.807, 2.05) is 24.3 Å². The molecule has 2 rings (SSSR count). The first-order valence-corrected chi connectivity index (χ1v) is 6.54. The highest BCUT2D eigenvalue weighted by Gasteiger charge is 2.12. The SMILES string of the molecule is CC(C)c1c(N)ncnc1NCc1cccc(Cl)c1. The second kappa shape index (κ2) is 5.89. The van der Waals surface area contributed by atoms with Crippen molar-refractivity contribution in [1.29, 1.82) is 0 Å². The number of hydrogen-bond acceptors (Lipinski definition) is 4. The van der Waals surface area contributed by atoms with Gasteiger partial charge in [0.1, 0.15) is 18.0 Å². The minimum absolute atomic E-state index is 0.267. The second-order valence-corrected chi connectivity index (χ2v) is 5.10. The minimum atomic E-state index is 0.267. The van der Waals surface area contributed by atoms with Gasteiger partial charge >= 0.3 is 0 Å². The van der Waals surface area contributed by atoms with E-state index >= 15 is 0 Å². The highest BCUT2D eigenvalue weighted by molar-refractivity contribution is 6.30. The van der Waals surface area contributed by atoms with E-state index < -0.39 is 0 Å². The third kappa shape index (κ3) is 3.35. The first-order valence-electron chi connectivity index (χ1n) is 6.16. The predicted octanol–water partition coefficient (Wildman–Crippen LogP) is 3.45. The molecule has 0 atom stereocenters. The molecule has 0 aliphatic carbocycles. The van der Waals surface area contributed by atoms with Crippen molar-refractivity contribution in [3.8, 4) is 0 Å². The molecule has 100 valence electrons. The lowest BCUT2D eigenvalue weighted by atomic mass is 10.0. The lowest BCUT2D eigenvalue weighted by molar-refractivity contribution is 0.849. The molecule has 0 spiro atoms. The van der Waals surface area contributed by atoms with Gasteiger partial charge in [0, 0.05) is 17.1 Å². The van der Waals surface area contributed by atoms with Crippen LogP contribution in [0.3, 0.4) is 0 Å². The zero-order valence-corrected chi connectivity index (χ0v) is 11.8. The highest BCUT2D eigenvalue weighted by atomic mass is 35.5. The van der Waals surface area contributed by atoms with E-state index in [1.54, 1.807) is 0 Å². The molecule has 1 aromatic heterocycles. The Labute approximate surface area is 118 Å². The maximum atomic E-state index is 5.96. The fourth-order valence-corrected chi connectivity index (χ4v) is 2.16. The van der Waals surface area contributed by atoms with Crippen molar-refractivity contribution in [2.24, 2.45) is 0 Å². The third-order valence-corrected chi connectivity index (χ3v) is 3.08. The molecule has 0 aliphatic heterocycles. The Kier molecular flexibility index (Phi) is 4.22. The summed E-state index contributed by atoms with van der Waals surface area (Å²) in [5.74, 6) is 1.57. The maximum absolute atomic E-state index is 5.96. The fraction of sp³-hybridized carbons (Fsp3) is 0.286. The first kappa shape index (κ1) is 13.6. The molecule has 0 saturated heterocycles. The molecular weight excluding hydrogens is 260 g/mol. The Bertz CT molecular complexity index is 569. The van der Waals surface area contributed by atoms with Crippen molar-refractivity contribution in [3.05, 3.63) is 46.7 Å². The quantitative estimate of drug-likeness (QED) is 0.898. The van der Waals surface area contributed by atoms with Crippen molar-refractivity contribution in [2.75, 3.05) is 11.1 Å². The number of nitrogens with one attached hydrogen (secondary N) is 1. The van der Waals surface area contributed by atoms with Crippen LogP contribution in [0.5, 0.6) is 0 Å². The normalized spacial score (nSPS) is 10.7. The number of nitrogens with two attached hydrogens (primary N) is 1. The van der Waals surface area contributed by atoms with Gasteiger partial charge in [-0.25, -0.2) is 9.97 Å². The smallest absolute Gasteiger partial charge is 0.135 e. The summed E-state index contributed by atoms with van der Waals surface area (Å²) in [6, 6.07) is 7.72. The molecule has 1 heterocycles. The van der Waals surface area contributed by atoms with Crippen molar-refractivity contribution in [2.45, 2.75) is 26.3 Å². The zero-order valence-electron chi connectivity index (χ0n) is 11.0. The number of halogens is 1. The van der Waals surface area contributed by atoms with Gasteiger partial charge in [-0.1, -0.05) is 37.6 Å². The van der Waals surface area contributed by atoms with Crippen LogP contribution in [0.2, 0.25) is 5.02 Å². The summed E-state index contributed by atoms with van der Waals surface area (Å²) in [4.78, 5) is 8.30. The van der Waals surface area contributed by atoms with Crippen LogP contribution in [0.15, 0.2) is 30.6 Å². The van der Waals surface area contributed by atoms with Crippen molar-refractivity contribution >= 4 is 23.2 Å². The number of nitrogen functional groups attached to an aromatic ring is 1. The van der Waals surface area contributed by atoms with Gasteiger partial charge in [-0.3, -0.25) is 0 Å². The zero-order chi connectivity index (χ0) is 13.8. The Balaban J connectivity index is 2.18. The number of nitrogens with zero attached hydrogens (tertiary/aromatic N) is 2. The molecule has 2 aromatic rings. The van der Waals surface area contributed by atoms with Gasteiger partial charge in [0.25, 0.3) is 0 Å². The van der Waals surface area contributed by atoms with E-state index in [0.29, 0.717) is 12.4 Å². The molecule has 0 aliphatic rings. The van der Waals surface area contributed by atoms with E-state index in [-0.39, 0.29) is 5.92 Å². The van der Waals surface area contributed by atoms with Gasteiger partial charge in [0.05, 0.1) is 0 Å². The summed E-state index contributed by atoms with van der Waals surface area (Å²) in [6.45, 7) is 4.79. The molecule has 4 nitrogen and oxygen atoms in total. The van der Waals surface area contributed by atoms with Gasteiger partial charge in [-0.2, -0.15) is 0 Å². The van der Waals surface area contributed by atoms with Crippen LogP contribution in [-0.4, -0.2) is 9.97 Å². The van der Waals surface area contributed by atoms with Crippen LogP contribution in [-0.2, 0) is 6.54 Å². The third-order valence-electron chi connectivity index (χ3n) is 2.84. The monoisotopic (exact) mass is 276 g/mol. The van der Waals surface area contributed by atoms with Crippen LogP contribution < -0.4 is 11.1 Å². The van der Waals surface area contributed by atoms with Gasteiger partial charge in [-0.15, -0.1) is 0 Å². The summed E-state index contributed by atoms with van der Waals surface area (Å²) >= 11 is 5.96. The minimum Gasteiger partial charge on any atom is -0.383 e. The Morgan fingerprint density at radius 1 is 1.32 bits per heavy atom. The number of aromatic nitrogens is 2. The van der Waals surface area contributed by atoms with E-state index in [9.17, 15) is 0 Å². The average Bonchev–Trinajstić information content (AvgIpc) is 2.36. The molecular formula is C14H17ClN4. The molecule has 5 heteroatoms. The van der Waals surface area contributed by atoms with E-state index in [2.05, 4.69) is 29.1 Å². The van der Waals surface area contributed by atoms with Gasteiger partial charge < -0.3 is 11.1 Å². The van der Waals surface area contributed by atoms with Crippen LogP contribution >= 0.6 is 11.6 Å². The fourth-order valence-electron chi connectivity index (χ4n) is 1.95. The first-order chi connectivity index (χ1) is 9.08. The van der Waals surface area contributed by atoms with Crippen LogP contribution in [0.4, 0.5) is 11.6 Å². The largest absolute Gasteiger partial charge is 0.383 e. The number of anilines is 2. The summed E-state index contributed by atoms with van der Waals surface area (Å²) < 4.78 is 0. The van der Waals surface area contributed by atoms with E-state index in [0.717, 1.165) is 22.0 Å². The number of rotatable bonds is 4. The Morgan fingerprint density at radius 2 is 2.11 bits per heavy atom. The van der Waals surface area contributed by atoms with E-state index in [1.165, 1.54) is 6.33 Å². The molecule has 0 bridgehead atoms. The van der Waals surface area contributed by atoms with Crippen molar-refractivity contribution in [3.63, 3.8) is 0 Å². The van der Waals surface area contributed by atoms with Gasteiger partial charge in [0.2, 0.25) is 0 Å². The van der Waals surface area contributed by atoms with E-state index in [4.69, 9.17) is 17.3 Å². The standard InChI is InChI=1S/C14H17ClN4/c1-9(2)12-13(16)18-8-19-14(12)17-7-10-4-3-5-11(15)6-10/h3-6,8-9H,7H2,1-2H3,(H3,16,17,18,19). The van der Waals surface area contributed by atoms with Gasteiger partial charge in [0.15, 0.2) is 0 Å². The number of benzene rings is 1. The summed E-state index contributed by atoms with van der Waals surface area (Å²) in [5.41, 5.74) is 7.95. The highest BCUT2D eigenvalue weighted by Crippen LogP contribution is 2.26. The van der Waals surface area contributed by atoms with Crippen molar-refractivity contribution < 1.29 is 0 Å². The van der Waals surface area contributed by atoms with Crippen molar-refractivity contribution in [1.82, 2.24) is 9.97 Å². The molecule has 0 fully saturated rings. The molecule has 0 unspecified atom stereocenters. The molecule has 1 aromatic carbocycles. The lowest BCUT2D eigenvalue weighted by Gasteiger charge is -2.14. The second-order valence-electron chi connectivity index (χ2n) is 4.66. The van der Waals surface area contributed by atoms with Crippen LogP contribution in [0.1, 0.15) is 30.9 Å². The summed E-state index contributed by atoms with van der Waals surface area (Å²) in [6.07, 6.45) is 1.47. The van der Waals surface area contributed by atoms with Gasteiger partial charge in [-0.05, 0) is 23.6 Å². The Hall–Kier alpha value is -1.81. The molecule has 0 radical (unpaired) electrons. The molecule has 0 amide bonds. The summed E-state index contributed by atoms with van der Waals surface area (Å²) in [7, 11) is 0. The number of hydrogen-bond donors (Lipinski definition) is 2. The molecule has 0 saturated carbocycles. The molecule has 3 N–H and O–H groups in total. The predicted molar refractivity (Wildman–Crippen MR) is 79.3 cm³/mol. The van der Waals surface area contributed by atoms with Crippen LogP contribution in [0.25, 0.3) is 0 Å². The lowest BCUT2D eigenvalue weighted by Crippen LogP contribution is -2.09. The van der Waals surface area contributed by atoms with Crippen LogP contribution in [0, 0.1) is 0 Å². The average molecular weight is 277 g/mol. The topological polar surface area (TPSA) is 63.8 Å².